The van der Waals surface area contributed by atoms with Crippen molar-refractivity contribution < 1.29 is 142 Å². The molecule has 11 rings (SSSR count). The topological polar surface area (TPSA) is 467 Å². The number of pyridine rings is 5. The van der Waals surface area contributed by atoms with Crippen molar-refractivity contribution in [3.8, 4) is 40.1 Å². The van der Waals surface area contributed by atoms with E-state index in [-0.39, 0.29) is 88.7 Å². The second kappa shape index (κ2) is 61.2. The van der Waals surface area contributed by atoms with Gasteiger partial charge in [-0.3, -0.25) is 38.1 Å². The number of hydrogen-bond acceptors (Lipinski definition) is 27. The Kier molecular flexibility index (Phi) is 54.0. The Hall–Kier alpha value is -14.2. The molecule has 5 aromatic heterocycles. The Morgan fingerprint density at radius 3 is 1.14 bits per heavy atom. The van der Waals surface area contributed by atoms with Crippen LogP contribution in [0.1, 0.15) is 60.2 Å². The number of hydrogen-bond donors (Lipinski definition) is 7. The smallest absolute Gasteiger partial charge is 1.00 e. The molecule has 0 unspecified atom stereocenters. The third-order valence-corrected chi connectivity index (χ3v) is 14.3. The molecule has 5 heterocycles. The molecule has 32 nitrogen and oxygen atoms in total. The summed E-state index contributed by atoms with van der Waals surface area (Å²) in [5.41, 5.74) is 19.1. The third kappa shape index (κ3) is 37.7. The zero-order valence-corrected chi connectivity index (χ0v) is 70.9. The molecule has 0 aliphatic rings. The van der Waals surface area contributed by atoms with Gasteiger partial charge in [0.15, 0.2) is 0 Å². The summed E-state index contributed by atoms with van der Waals surface area (Å²) in [6, 6.07) is 66.3. The number of nitrogens with two attached hydrogens (primary N) is 3. The fraction of sp³-hybridized carbons (Fsp3) is 0.126. The van der Waals surface area contributed by atoms with Crippen LogP contribution in [0.2, 0.25) is 0 Å². The van der Waals surface area contributed by atoms with E-state index in [1.165, 1.54) is 118 Å². The summed E-state index contributed by atoms with van der Waals surface area (Å²) in [6.07, 6.45) is 16.4. The van der Waals surface area contributed by atoms with Crippen molar-refractivity contribution in [3.63, 3.8) is 0 Å². The summed E-state index contributed by atoms with van der Waals surface area (Å²) < 4.78 is 42.3. The van der Waals surface area contributed by atoms with Crippen molar-refractivity contribution >= 4 is 70.4 Å². The molecule has 0 spiro atoms. The number of carbonyl (C=O) groups is 7. The van der Waals surface area contributed by atoms with Crippen molar-refractivity contribution in [3.05, 3.63) is 357 Å². The molecule has 6 aromatic carbocycles. The summed E-state index contributed by atoms with van der Waals surface area (Å²) in [5, 5.41) is 21.6. The maximum Gasteiger partial charge on any atom is 1.00 e. The molecular weight excluding hydrogens is 1570 g/mol. The van der Waals surface area contributed by atoms with Crippen LogP contribution in [0.15, 0.2) is 324 Å². The standard InChI is InChI=1S/C23H18N4O3.C14H15NO4.C13H11NO3.C12H9NO3.C11H11N3O.C9H12O5.2C2H6.CH4O2.Li.Na.H2O.H/c24-21-15-19(12-13-25-21)30-18-10-8-16(9-11-18)26-22(28)20-7-4-14-27(23(20)29)17-5-2-1-3-6-17;1-18-13(16)12(14(17)19-2)9-6-10-15-11-7-4-3-5-8-11;1-17-13(16)11-8-5-9-14(12(11)15)10-6-3-2-4-7-10;14-11-10(12(15)16)7-4-8-13(11)9-5-2-1-3-6-9;12-8-1-3-9(4-2-8)15-10-5-6-14-11(13)7-10;1-12-6-4-5-7(8(10)13-2)9(11)14-3;2*1-2;1-3-2;;;;/h1-15H,(H2,24,25)(H,26,28);3-10,15H,1-2H3;2-9H,1H3;1-8H,(H,15,16);1-7H,12H2,(H2,13,14);4-6H,1-3H3;2*1-2H3;2H,1H3;;;1H2;/q;;;;;;;;;2*+1;;-1/p-1/b;10-6+;;;;6-4+;;;;;;;. The van der Waals surface area contributed by atoms with Gasteiger partial charge in [-0.25, -0.2) is 43.6 Å². The van der Waals surface area contributed by atoms with E-state index in [1.54, 1.807) is 171 Å². The predicted octanol–water partition coefficient (Wildman–Crippen LogP) is 7.46. The number of aromatic nitrogens is 5. The molecule has 1 amide bonds. The number of anilines is 5. The van der Waals surface area contributed by atoms with Gasteiger partial charge in [0.1, 0.15) is 62.5 Å². The first-order valence-electron chi connectivity index (χ1n) is 35.3. The molecule has 0 saturated carbocycles. The van der Waals surface area contributed by atoms with E-state index in [1.807, 2.05) is 100 Å². The summed E-state index contributed by atoms with van der Waals surface area (Å²) >= 11 is 0. The van der Waals surface area contributed by atoms with Crippen molar-refractivity contribution in [1.82, 2.24) is 23.7 Å². The SMILES string of the molecule is CC.CC.CO/C=C/C=C(C(=O)OC)C(=O)OC.COC(=O)C(=C/C=C/Nc1ccccc1)C(=O)OC.COC(=O)c1cccn(-c2ccccc2)c1=O.COO.Nc1cc(Oc2ccc(NC(=O)c3cccn(-c4ccccc4)c3=O)cc2)ccn1.Nc1ccc(Oc2ccnc(N)c2)cc1.O=C(O)c1cccn(-c2ccccc2)c1=O.[H-].[Li+].[Na+].[OH-]. The van der Waals surface area contributed by atoms with Crippen LogP contribution in [0.4, 0.5) is 28.7 Å². The Balaban J connectivity index is 0. The molecule has 0 bridgehead atoms. The fourth-order valence-corrected chi connectivity index (χ4v) is 8.97. The van der Waals surface area contributed by atoms with Crippen molar-refractivity contribution in [1.29, 1.82) is 0 Å². The zero-order valence-electron chi connectivity index (χ0n) is 69.9. The molecule has 0 radical (unpaired) electrons. The minimum absolute atomic E-state index is 0. The van der Waals surface area contributed by atoms with Gasteiger partial charge in [-0.2, -0.15) is 0 Å². The Labute approximate surface area is 733 Å². The van der Waals surface area contributed by atoms with Gasteiger partial charge in [-0.15, -0.1) is 0 Å². The quantitative estimate of drug-likeness (QED) is 0.00332. The average Bonchev–Trinajstić information content (AvgIpc) is 0.828. The monoisotopic (exact) mass is 1660 g/mol. The van der Waals surface area contributed by atoms with E-state index in [2.05, 4.69) is 53.9 Å². The van der Waals surface area contributed by atoms with Gasteiger partial charge in [0.25, 0.3) is 22.6 Å². The average molecular weight is 1660 g/mol. The first-order chi connectivity index (χ1) is 57.0. The van der Waals surface area contributed by atoms with Gasteiger partial charge >= 0.3 is 84.2 Å². The molecule has 0 saturated heterocycles. The number of rotatable bonds is 20. The molecule has 0 aliphatic carbocycles. The second-order valence-corrected chi connectivity index (χ2v) is 21.9. The number of allylic oxidation sites excluding steroid dienone is 4. The van der Waals surface area contributed by atoms with E-state index in [0.717, 1.165) is 11.4 Å². The fourth-order valence-electron chi connectivity index (χ4n) is 8.97. The number of ether oxygens (including phenoxy) is 8. The number of aromatic carboxylic acids is 1. The van der Waals surface area contributed by atoms with Gasteiger partial charge in [-0.05, 0) is 170 Å². The van der Waals surface area contributed by atoms with Crippen LogP contribution in [0.25, 0.3) is 17.1 Å². The number of nitrogens with zero attached hydrogens (tertiary/aromatic N) is 5. The van der Waals surface area contributed by atoms with Crippen LogP contribution in [-0.2, 0) is 52.5 Å². The molecule has 626 valence electrons. The van der Waals surface area contributed by atoms with E-state index < -0.39 is 52.8 Å². The maximum absolute atomic E-state index is 12.8. The van der Waals surface area contributed by atoms with E-state index >= 15 is 0 Å². The third-order valence-electron chi connectivity index (χ3n) is 14.3. The molecule has 0 aliphatic heterocycles. The van der Waals surface area contributed by atoms with E-state index in [0.29, 0.717) is 57.3 Å². The van der Waals surface area contributed by atoms with Gasteiger partial charge in [0.05, 0.1) is 56.0 Å². The molecule has 11 N–H and O–H groups in total. The molecule has 0 atom stereocenters. The first kappa shape index (κ1) is 107. The Morgan fingerprint density at radius 2 is 0.777 bits per heavy atom. The number of nitrogen functional groups attached to an aromatic ring is 3. The minimum atomic E-state index is -1.21. The number of carboxylic acids is 1. The summed E-state index contributed by atoms with van der Waals surface area (Å²) in [7, 11) is 8.64. The molecule has 121 heavy (non-hydrogen) atoms. The van der Waals surface area contributed by atoms with Gasteiger partial charge in [-0.1, -0.05) is 100 Å². The first-order valence-corrected chi connectivity index (χ1v) is 35.3. The molecule has 11 aromatic rings. The number of benzene rings is 6. The predicted molar refractivity (Wildman–Crippen MR) is 452 cm³/mol. The summed E-state index contributed by atoms with van der Waals surface area (Å²) in [4.78, 5) is 127. The van der Waals surface area contributed by atoms with E-state index in [9.17, 15) is 47.9 Å². The van der Waals surface area contributed by atoms with Gasteiger partial charge in [0, 0.05) is 83.4 Å². The van der Waals surface area contributed by atoms with Gasteiger partial charge < -0.3 is 77.7 Å². The van der Waals surface area contributed by atoms with Crippen LogP contribution in [0.5, 0.6) is 23.0 Å². The molecule has 34 heteroatoms. The number of amides is 1. The Bertz CT molecular complexity index is 5250. The normalized spacial score (nSPS) is 9.39. The number of para-hydroxylation sites is 4. The van der Waals surface area contributed by atoms with Gasteiger partial charge in [0.2, 0.25) is 0 Å². The largest absolute Gasteiger partial charge is 1.00 e. The number of nitrogens with one attached hydrogen (secondary N) is 2. The van der Waals surface area contributed by atoms with Crippen LogP contribution in [0, 0.1) is 0 Å². The number of esters is 5. The van der Waals surface area contributed by atoms with Crippen molar-refractivity contribution in [2.75, 3.05) is 77.6 Å². The Morgan fingerprint density at radius 1 is 0.430 bits per heavy atom. The number of carbonyl (C=O) groups excluding carboxylic acids is 6. The zero-order chi connectivity index (χ0) is 87.2. The minimum Gasteiger partial charge on any atom is -1.00 e. The second-order valence-electron chi connectivity index (χ2n) is 21.9. The van der Waals surface area contributed by atoms with Crippen LogP contribution < -0.4 is 102 Å². The molecule has 0 fully saturated rings. The maximum atomic E-state index is 12.8. The van der Waals surface area contributed by atoms with Crippen molar-refractivity contribution in [2.45, 2.75) is 27.7 Å². The van der Waals surface area contributed by atoms with Crippen LogP contribution in [0.3, 0.4) is 0 Å². The van der Waals surface area contributed by atoms with Crippen LogP contribution >= 0.6 is 0 Å². The summed E-state index contributed by atoms with van der Waals surface area (Å²) in [5.74, 6) is -2.00. The van der Waals surface area contributed by atoms with Crippen molar-refractivity contribution in [2.24, 2.45) is 0 Å². The van der Waals surface area contributed by atoms with E-state index in [4.69, 9.17) is 37.0 Å². The van der Waals surface area contributed by atoms with Crippen LogP contribution in [-0.4, -0.2) is 131 Å². The molecular formula is C87H94LiN10NaO22. The number of carboxylic acid groups (broad SMARTS) is 1. The number of methoxy groups -OCH3 is 6. The summed E-state index contributed by atoms with van der Waals surface area (Å²) in [6.45, 7) is 8.00.